The number of hydrogen-bond donors (Lipinski definition) is 3. The standard InChI is InChI=1S/C22H24F2N4O2/c1-22(30,15-6-4-3-5-7-15)10-11-26-21(29)27-19(20-25-12-13-28(20)2)17-9-8-16(23)14-18(17)24/h3-9,12-14,19,30H,10-11H2,1-2H3,(H2,26,27,29). The largest absolute Gasteiger partial charge is 0.385 e. The van der Waals surface area contributed by atoms with Gasteiger partial charge in [-0.3, -0.25) is 0 Å². The number of aromatic nitrogens is 2. The molecular weight excluding hydrogens is 390 g/mol. The molecule has 0 spiro atoms. The Morgan fingerprint density at radius 1 is 1.23 bits per heavy atom. The van der Waals surface area contributed by atoms with Crippen LogP contribution in [0.5, 0.6) is 0 Å². The minimum Gasteiger partial charge on any atom is -0.385 e. The lowest BCUT2D eigenvalue weighted by molar-refractivity contribution is 0.0487. The van der Waals surface area contributed by atoms with Gasteiger partial charge in [0.05, 0.1) is 5.60 Å². The van der Waals surface area contributed by atoms with Gasteiger partial charge in [-0.15, -0.1) is 0 Å². The minimum atomic E-state index is -1.11. The van der Waals surface area contributed by atoms with Gasteiger partial charge in [-0.2, -0.15) is 0 Å². The number of hydrogen-bond acceptors (Lipinski definition) is 3. The molecule has 8 heteroatoms. The number of amides is 2. The number of aliphatic hydroxyl groups is 1. The molecule has 0 bridgehead atoms. The van der Waals surface area contributed by atoms with Gasteiger partial charge in [-0.25, -0.2) is 18.6 Å². The van der Waals surface area contributed by atoms with Crippen molar-refractivity contribution in [3.63, 3.8) is 0 Å². The molecule has 0 aliphatic carbocycles. The van der Waals surface area contributed by atoms with Crippen LogP contribution in [0.1, 0.15) is 36.3 Å². The second-order valence-corrected chi connectivity index (χ2v) is 7.29. The summed E-state index contributed by atoms with van der Waals surface area (Å²) in [6.07, 6.45) is 3.48. The quantitative estimate of drug-likeness (QED) is 0.555. The fourth-order valence-corrected chi connectivity index (χ4v) is 3.22. The molecule has 2 amide bonds. The number of imidazole rings is 1. The van der Waals surface area contributed by atoms with Crippen LogP contribution in [0.25, 0.3) is 0 Å². The number of aryl methyl sites for hydroxylation is 1. The topological polar surface area (TPSA) is 79.2 Å². The molecule has 1 aromatic heterocycles. The molecule has 0 aliphatic rings. The van der Waals surface area contributed by atoms with Crippen LogP contribution in [0.2, 0.25) is 0 Å². The Bertz CT molecular complexity index is 1010. The van der Waals surface area contributed by atoms with Crippen LogP contribution in [0.3, 0.4) is 0 Å². The Hall–Kier alpha value is -3.26. The van der Waals surface area contributed by atoms with Crippen molar-refractivity contribution in [1.82, 2.24) is 20.2 Å². The third-order valence-electron chi connectivity index (χ3n) is 4.96. The van der Waals surface area contributed by atoms with E-state index in [1.807, 2.05) is 30.3 Å². The van der Waals surface area contributed by atoms with Crippen LogP contribution >= 0.6 is 0 Å². The summed E-state index contributed by atoms with van der Waals surface area (Å²) in [5.74, 6) is -1.09. The molecule has 30 heavy (non-hydrogen) atoms. The summed E-state index contributed by atoms with van der Waals surface area (Å²) in [4.78, 5) is 16.7. The number of carbonyl (C=O) groups is 1. The Kier molecular flexibility index (Phi) is 6.47. The fraction of sp³-hybridized carbons (Fsp3) is 0.273. The van der Waals surface area contributed by atoms with Crippen molar-refractivity contribution >= 4 is 6.03 Å². The highest BCUT2D eigenvalue weighted by atomic mass is 19.1. The van der Waals surface area contributed by atoms with E-state index in [0.29, 0.717) is 5.82 Å². The van der Waals surface area contributed by atoms with Crippen molar-refractivity contribution in [2.24, 2.45) is 7.05 Å². The van der Waals surface area contributed by atoms with Gasteiger partial charge in [0, 0.05) is 37.6 Å². The first-order chi connectivity index (χ1) is 14.3. The van der Waals surface area contributed by atoms with E-state index in [0.717, 1.165) is 17.7 Å². The van der Waals surface area contributed by atoms with Gasteiger partial charge >= 0.3 is 6.03 Å². The van der Waals surface area contributed by atoms with Crippen molar-refractivity contribution in [1.29, 1.82) is 0 Å². The maximum atomic E-state index is 14.4. The molecule has 3 aromatic rings. The predicted octanol–water partition coefficient (Wildman–Crippen LogP) is 3.38. The molecule has 3 N–H and O–H groups in total. The average Bonchev–Trinajstić information content (AvgIpc) is 3.13. The normalized spacial score (nSPS) is 14.0. The fourth-order valence-electron chi connectivity index (χ4n) is 3.22. The molecule has 0 aliphatic heterocycles. The van der Waals surface area contributed by atoms with Gasteiger partial charge in [-0.1, -0.05) is 36.4 Å². The third-order valence-corrected chi connectivity index (χ3v) is 4.96. The number of rotatable bonds is 7. The first-order valence-electron chi connectivity index (χ1n) is 9.52. The van der Waals surface area contributed by atoms with Crippen LogP contribution in [-0.4, -0.2) is 27.2 Å². The smallest absolute Gasteiger partial charge is 0.315 e. The highest BCUT2D eigenvalue weighted by molar-refractivity contribution is 5.74. The van der Waals surface area contributed by atoms with Crippen LogP contribution in [-0.2, 0) is 12.6 Å². The van der Waals surface area contributed by atoms with Crippen LogP contribution in [0, 0.1) is 11.6 Å². The zero-order valence-electron chi connectivity index (χ0n) is 16.8. The van der Waals surface area contributed by atoms with Crippen molar-refractivity contribution in [2.45, 2.75) is 25.0 Å². The number of halogens is 2. The maximum absolute atomic E-state index is 14.4. The van der Waals surface area contributed by atoms with Gasteiger partial charge in [0.25, 0.3) is 0 Å². The highest BCUT2D eigenvalue weighted by Crippen LogP contribution is 2.25. The summed E-state index contributed by atoms with van der Waals surface area (Å²) in [7, 11) is 1.72. The van der Waals surface area contributed by atoms with Crippen molar-refractivity contribution in [3.8, 4) is 0 Å². The van der Waals surface area contributed by atoms with E-state index >= 15 is 0 Å². The van der Waals surface area contributed by atoms with E-state index in [1.165, 1.54) is 12.3 Å². The Morgan fingerprint density at radius 3 is 2.60 bits per heavy atom. The molecule has 2 unspecified atom stereocenters. The Labute approximate surface area is 173 Å². The van der Waals surface area contributed by atoms with Gasteiger partial charge in [0.2, 0.25) is 0 Å². The summed E-state index contributed by atoms with van der Waals surface area (Å²) in [6.45, 7) is 1.86. The van der Waals surface area contributed by atoms with Crippen molar-refractivity contribution < 1.29 is 18.7 Å². The summed E-state index contributed by atoms with van der Waals surface area (Å²) in [5.41, 5.74) is -0.278. The van der Waals surface area contributed by atoms with Gasteiger partial charge in [0.15, 0.2) is 0 Å². The number of urea groups is 1. The second kappa shape index (κ2) is 9.04. The van der Waals surface area contributed by atoms with Crippen LogP contribution in [0.4, 0.5) is 13.6 Å². The van der Waals surface area contributed by atoms with E-state index in [2.05, 4.69) is 15.6 Å². The van der Waals surface area contributed by atoms with Gasteiger partial charge in [-0.05, 0) is 25.0 Å². The predicted molar refractivity (Wildman–Crippen MR) is 109 cm³/mol. The van der Waals surface area contributed by atoms with Crippen molar-refractivity contribution in [3.05, 3.63) is 89.5 Å². The van der Waals surface area contributed by atoms with Crippen LogP contribution in [0.15, 0.2) is 60.9 Å². The SMILES string of the molecule is Cn1ccnc1C(NC(=O)NCCC(C)(O)c1ccccc1)c1ccc(F)cc1F. The number of carbonyl (C=O) groups excluding carboxylic acids is 1. The Morgan fingerprint density at radius 2 is 1.97 bits per heavy atom. The lowest BCUT2D eigenvalue weighted by Gasteiger charge is -2.24. The van der Waals surface area contributed by atoms with Crippen molar-refractivity contribution in [2.75, 3.05) is 6.54 Å². The lowest BCUT2D eigenvalue weighted by atomic mass is 9.93. The molecular formula is C22H24F2N4O2. The zero-order valence-corrected chi connectivity index (χ0v) is 16.8. The molecule has 0 saturated carbocycles. The number of benzene rings is 2. The van der Waals surface area contributed by atoms with E-state index in [1.54, 1.807) is 24.7 Å². The average molecular weight is 414 g/mol. The zero-order chi connectivity index (χ0) is 21.7. The molecule has 2 atom stereocenters. The molecule has 2 aromatic carbocycles. The number of nitrogens with one attached hydrogen (secondary N) is 2. The first kappa shape index (κ1) is 21.4. The minimum absolute atomic E-state index is 0.0946. The van der Waals surface area contributed by atoms with Gasteiger partial charge < -0.3 is 20.3 Å². The molecule has 158 valence electrons. The van der Waals surface area contributed by atoms with E-state index in [4.69, 9.17) is 0 Å². The molecule has 0 radical (unpaired) electrons. The lowest BCUT2D eigenvalue weighted by Crippen LogP contribution is -2.41. The summed E-state index contributed by atoms with van der Waals surface area (Å²) < 4.78 is 29.4. The summed E-state index contributed by atoms with van der Waals surface area (Å²) in [6, 6.07) is 10.9. The Balaban J connectivity index is 1.69. The maximum Gasteiger partial charge on any atom is 0.315 e. The third kappa shape index (κ3) is 5.01. The van der Waals surface area contributed by atoms with Crippen LogP contribution < -0.4 is 10.6 Å². The summed E-state index contributed by atoms with van der Waals surface area (Å²) in [5, 5.41) is 16.0. The van der Waals surface area contributed by atoms with E-state index in [-0.39, 0.29) is 18.5 Å². The van der Waals surface area contributed by atoms with Gasteiger partial charge in [0.1, 0.15) is 23.5 Å². The molecule has 3 rings (SSSR count). The summed E-state index contributed by atoms with van der Waals surface area (Å²) >= 11 is 0. The highest BCUT2D eigenvalue weighted by Gasteiger charge is 2.25. The van der Waals surface area contributed by atoms with E-state index < -0.39 is 29.3 Å². The van der Waals surface area contributed by atoms with E-state index in [9.17, 15) is 18.7 Å². The first-order valence-corrected chi connectivity index (χ1v) is 9.52. The monoisotopic (exact) mass is 414 g/mol. The molecule has 6 nitrogen and oxygen atoms in total. The molecule has 0 saturated heterocycles. The molecule has 1 heterocycles. The second-order valence-electron chi connectivity index (χ2n) is 7.29. The number of nitrogens with zero attached hydrogens (tertiary/aromatic N) is 2. The molecule has 0 fully saturated rings.